The van der Waals surface area contributed by atoms with E-state index in [4.69, 9.17) is 5.73 Å². The van der Waals surface area contributed by atoms with E-state index in [1.54, 1.807) is 0 Å². The molecule has 1 amide bonds. The Morgan fingerprint density at radius 3 is 2.53 bits per heavy atom. The van der Waals surface area contributed by atoms with E-state index in [9.17, 15) is 4.79 Å². The lowest BCUT2D eigenvalue weighted by Gasteiger charge is -2.21. The van der Waals surface area contributed by atoms with Gasteiger partial charge in [0, 0.05) is 6.54 Å². The van der Waals surface area contributed by atoms with E-state index in [0.717, 1.165) is 13.0 Å². The van der Waals surface area contributed by atoms with E-state index in [1.165, 1.54) is 5.56 Å². The highest BCUT2D eigenvalue weighted by Gasteiger charge is 2.13. The highest BCUT2D eigenvalue weighted by molar-refractivity contribution is 5.79. The fraction of sp³-hybridized carbons (Fsp3) is 0.417. The highest BCUT2D eigenvalue weighted by Crippen LogP contribution is 2.02. The minimum absolute atomic E-state index is 0.200. The van der Waals surface area contributed by atoms with Crippen molar-refractivity contribution in [2.24, 2.45) is 5.73 Å². The number of hydrogen-bond acceptors (Lipinski definition) is 2. The van der Waals surface area contributed by atoms with Gasteiger partial charge in [0.15, 0.2) is 0 Å². The molecule has 3 heteroatoms. The second-order valence-corrected chi connectivity index (χ2v) is 3.79. The summed E-state index contributed by atoms with van der Waals surface area (Å²) in [5, 5.41) is 0. The molecular formula is C12H18N2O. The molecule has 0 aliphatic rings. The van der Waals surface area contributed by atoms with Crippen LogP contribution in [0.2, 0.25) is 0 Å². The van der Waals surface area contributed by atoms with Crippen molar-refractivity contribution >= 4 is 5.91 Å². The van der Waals surface area contributed by atoms with Gasteiger partial charge in [0.25, 0.3) is 0 Å². The molecule has 0 saturated heterocycles. The largest absolute Gasteiger partial charge is 0.368 e. The van der Waals surface area contributed by atoms with Crippen molar-refractivity contribution in [1.82, 2.24) is 4.90 Å². The van der Waals surface area contributed by atoms with Crippen molar-refractivity contribution in [3.8, 4) is 0 Å². The van der Waals surface area contributed by atoms with Crippen molar-refractivity contribution in [2.45, 2.75) is 19.4 Å². The van der Waals surface area contributed by atoms with Crippen molar-refractivity contribution < 1.29 is 4.79 Å². The number of hydrogen-bond donors (Lipinski definition) is 1. The zero-order valence-corrected chi connectivity index (χ0v) is 9.31. The predicted octanol–water partition coefficient (Wildman–Crippen LogP) is 1.03. The van der Waals surface area contributed by atoms with Gasteiger partial charge in [-0.05, 0) is 26.0 Å². The Balaban J connectivity index is 2.41. The molecule has 0 radical (unpaired) electrons. The van der Waals surface area contributed by atoms with Crippen LogP contribution in [0, 0.1) is 0 Å². The minimum Gasteiger partial charge on any atom is -0.368 e. The van der Waals surface area contributed by atoms with Crippen LogP contribution in [0.4, 0.5) is 0 Å². The van der Waals surface area contributed by atoms with E-state index in [0.29, 0.717) is 0 Å². The maximum Gasteiger partial charge on any atom is 0.234 e. The first-order chi connectivity index (χ1) is 7.11. The predicted molar refractivity (Wildman–Crippen MR) is 61.4 cm³/mol. The van der Waals surface area contributed by atoms with E-state index in [2.05, 4.69) is 12.1 Å². The fourth-order valence-corrected chi connectivity index (χ4v) is 1.36. The average Bonchev–Trinajstić information content (AvgIpc) is 2.26. The molecule has 0 spiro atoms. The number of carbonyl (C=O) groups excluding carboxylic acids is 1. The van der Waals surface area contributed by atoms with Crippen LogP contribution >= 0.6 is 0 Å². The Morgan fingerprint density at radius 2 is 2.00 bits per heavy atom. The van der Waals surface area contributed by atoms with Crippen LogP contribution in [0.25, 0.3) is 0 Å². The van der Waals surface area contributed by atoms with Gasteiger partial charge in [-0.25, -0.2) is 0 Å². The Kier molecular flexibility index (Phi) is 4.31. The maximum absolute atomic E-state index is 10.9. The summed E-state index contributed by atoms with van der Waals surface area (Å²) in [6.45, 7) is 2.67. The topological polar surface area (TPSA) is 46.3 Å². The van der Waals surface area contributed by atoms with Crippen LogP contribution in [0.15, 0.2) is 30.3 Å². The van der Waals surface area contributed by atoms with Crippen molar-refractivity contribution in [2.75, 3.05) is 13.6 Å². The van der Waals surface area contributed by atoms with Crippen LogP contribution in [-0.4, -0.2) is 30.4 Å². The molecule has 0 heterocycles. The molecule has 2 N–H and O–H groups in total. The molecule has 0 aliphatic heterocycles. The summed E-state index contributed by atoms with van der Waals surface area (Å²) >= 11 is 0. The summed E-state index contributed by atoms with van der Waals surface area (Å²) in [6.07, 6.45) is 0.939. The molecule has 15 heavy (non-hydrogen) atoms. The zero-order chi connectivity index (χ0) is 11.3. The second kappa shape index (κ2) is 5.51. The highest BCUT2D eigenvalue weighted by atomic mass is 16.1. The molecule has 0 fully saturated rings. The number of rotatable bonds is 5. The number of carbonyl (C=O) groups is 1. The Morgan fingerprint density at radius 1 is 1.40 bits per heavy atom. The van der Waals surface area contributed by atoms with Crippen LogP contribution in [0.5, 0.6) is 0 Å². The lowest BCUT2D eigenvalue weighted by atomic mass is 10.1. The number of primary amides is 1. The molecule has 1 aromatic carbocycles. The van der Waals surface area contributed by atoms with Crippen molar-refractivity contribution in [3.63, 3.8) is 0 Å². The molecule has 1 aromatic rings. The zero-order valence-electron chi connectivity index (χ0n) is 9.31. The van der Waals surface area contributed by atoms with Gasteiger partial charge in [0.2, 0.25) is 5.91 Å². The molecule has 0 aromatic heterocycles. The van der Waals surface area contributed by atoms with Gasteiger partial charge in [-0.1, -0.05) is 30.3 Å². The molecule has 1 unspecified atom stereocenters. The van der Waals surface area contributed by atoms with Gasteiger partial charge in [0.05, 0.1) is 6.04 Å². The molecule has 3 nitrogen and oxygen atoms in total. The van der Waals surface area contributed by atoms with E-state index in [-0.39, 0.29) is 11.9 Å². The summed E-state index contributed by atoms with van der Waals surface area (Å²) in [7, 11) is 1.92. The Labute approximate surface area is 90.9 Å². The maximum atomic E-state index is 10.9. The van der Waals surface area contributed by atoms with Crippen molar-refractivity contribution in [3.05, 3.63) is 35.9 Å². The third kappa shape index (κ3) is 3.72. The van der Waals surface area contributed by atoms with Crippen LogP contribution in [-0.2, 0) is 11.2 Å². The first-order valence-electron chi connectivity index (χ1n) is 5.14. The standard InChI is InChI=1S/C12H18N2O/c1-10(12(13)15)14(2)9-8-11-6-4-3-5-7-11/h3-7,10H,8-9H2,1-2H3,(H2,13,15). The van der Waals surface area contributed by atoms with E-state index in [1.807, 2.05) is 37.1 Å². The number of nitrogens with zero attached hydrogens (tertiary/aromatic N) is 1. The normalized spacial score (nSPS) is 12.7. The molecule has 0 bridgehead atoms. The Bertz CT molecular complexity index is 311. The van der Waals surface area contributed by atoms with Gasteiger partial charge in [-0.15, -0.1) is 0 Å². The first kappa shape index (κ1) is 11.7. The summed E-state index contributed by atoms with van der Waals surface area (Å²) in [6, 6.07) is 10.0. The van der Waals surface area contributed by atoms with Gasteiger partial charge < -0.3 is 5.73 Å². The average molecular weight is 206 g/mol. The van der Waals surface area contributed by atoms with Crippen LogP contribution in [0.3, 0.4) is 0 Å². The first-order valence-corrected chi connectivity index (χ1v) is 5.14. The van der Waals surface area contributed by atoms with Gasteiger partial charge in [-0.2, -0.15) is 0 Å². The number of amides is 1. The number of likely N-dealkylation sites (N-methyl/N-ethyl adjacent to an activating group) is 1. The Hall–Kier alpha value is -1.35. The van der Waals surface area contributed by atoms with E-state index < -0.39 is 0 Å². The molecule has 0 aliphatic carbocycles. The number of nitrogens with two attached hydrogens (primary N) is 1. The monoisotopic (exact) mass is 206 g/mol. The van der Waals surface area contributed by atoms with Crippen molar-refractivity contribution in [1.29, 1.82) is 0 Å². The minimum atomic E-state index is -0.273. The SMILES string of the molecule is CC(C(N)=O)N(C)CCc1ccccc1. The summed E-state index contributed by atoms with van der Waals surface area (Å²) in [5.74, 6) is -0.273. The summed E-state index contributed by atoms with van der Waals surface area (Å²) < 4.78 is 0. The molecule has 1 rings (SSSR count). The third-order valence-corrected chi connectivity index (χ3v) is 2.67. The smallest absolute Gasteiger partial charge is 0.234 e. The molecule has 1 atom stereocenters. The lowest BCUT2D eigenvalue weighted by molar-refractivity contribution is -0.122. The lowest BCUT2D eigenvalue weighted by Crippen LogP contribution is -2.41. The van der Waals surface area contributed by atoms with Crippen LogP contribution < -0.4 is 5.73 Å². The number of benzene rings is 1. The van der Waals surface area contributed by atoms with Gasteiger partial charge >= 0.3 is 0 Å². The van der Waals surface area contributed by atoms with Gasteiger partial charge in [-0.3, -0.25) is 9.69 Å². The molecular weight excluding hydrogens is 188 g/mol. The second-order valence-electron chi connectivity index (χ2n) is 3.79. The summed E-state index contributed by atoms with van der Waals surface area (Å²) in [4.78, 5) is 12.9. The van der Waals surface area contributed by atoms with Gasteiger partial charge in [0.1, 0.15) is 0 Å². The molecule has 0 saturated carbocycles. The third-order valence-electron chi connectivity index (χ3n) is 2.67. The summed E-state index contributed by atoms with van der Waals surface area (Å²) in [5.41, 5.74) is 6.50. The molecule has 82 valence electrons. The van der Waals surface area contributed by atoms with E-state index >= 15 is 0 Å². The van der Waals surface area contributed by atoms with Crippen LogP contribution in [0.1, 0.15) is 12.5 Å². The fourth-order valence-electron chi connectivity index (χ4n) is 1.36. The quantitative estimate of drug-likeness (QED) is 0.782.